The first-order valence-corrected chi connectivity index (χ1v) is 5.86. The number of nitrogens with zero attached hydrogens (tertiary/aromatic N) is 3. The molecule has 0 saturated heterocycles. The van der Waals surface area contributed by atoms with Crippen LogP contribution in [0.5, 0.6) is 0 Å². The van der Waals surface area contributed by atoms with Gasteiger partial charge < -0.3 is 5.73 Å². The molecule has 0 atom stereocenters. The lowest BCUT2D eigenvalue weighted by atomic mass is 10.1. The van der Waals surface area contributed by atoms with E-state index in [0.29, 0.717) is 11.3 Å². The molecule has 1 aromatic carbocycles. The number of benzene rings is 1. The average Bonchev–Trinajstić information content (AvgIpc) is 2.81. The van der Waals surface area contributed by atoms with Crippen molar-refractivity contribution in [2.75, 3.05) is 0 Å². The summed E-state index contributed by atoms with van der Waals surface area (Å²) in [6.45, 7) is 1.92. The highest BCUT2D eigenvalue weighted by atomic mass is 16.1. The first-order chi connectivity index (χ1) is 9.13. The molecule has 2 N–H and O–H groups in total. The first kappa shape index (κ1) is 11.4. The Balaban J connectivity index is 2.13. The van der Waals surface area contributed by atoms with Crippen molar-refractivity contribution in [2.24, 2.45) is 5.73 Å². The van der Waals surface area contributed by atoms with Gasteiger partial charge in [0.15, 0.2) is 0 Å². The summed E-state index contributed by atoms with van der Waals surface area (Å²) in [7, 11) is 0. The van der Waals surface area contributed by atoms with Gasteiger partial charge in [0, 0.05) is 29.2 Å². The first-order valence-electron chi connectivity index (χ1n) is 5.86. The molecule has 0 aliphatic heterocycles. The van der Waals surface area contributed by atoms with E-state index in [9.17, 15) is 4.79 Å². The van der Waals surface area contributed by atoms with E-state index in [1.165, 1.54) is 0 Å². The molecule has 0 radical (unpaired) electrons. The molecule has 0 spiro atoms. The summed E-state index contributed by atoms with van der Waals surface area (Å²) in [6, 6.07) is 9.01. The summed E-state index contributed by atoms with van der Waals surface area (Å²) in [5.41, 5.74) is 8.27. The van der Waals surface area contributed by atoms with Crippen molar-refractivity contribution in [1.82, 2.24) is 14.4 Å². The van der Waals surface area contributed by atoms with Gasteiger partial charge >= 0.3 is 0 Å². The highest BCUT2D eigenvalue weighted by molar-refractivity contribution is 5.94. The van der Waals surface area contributed by atoms with Crippen molar-refractivity contribution in [3.63, 3.8) is 0 Å². The molecule has 5 nitrogen and oxygen atoms in total. The van der Waals surface area contributed by atoms with E-state index < -0.39 is 5.91 Å². The third kappa shape index (κ3) is 2.06. The Morgan fingerprint density at radius 1 is 1.26 bits per heavy atom. The minimum atomic E-state index is -0.445. The van der Waals surface area contributed by atoms with Crippen molar-refractivity contribution in [2.45, 2.75) is 6.92 Å². The fourth-order valence-corrected chi connectivity index (χ4v) is 1.93. The molecule has 0 bridgehead atoms. The van der Waals surface area contributed by atoms with E-state index in [4.69, 9.17) is 5.73 Å². The van der Waals surface area contributed by atoms with Crippen molar-refractivity contribution in [3.8, 4) is 11.3 Å². The number of hydrogen-bond acceptors (Lipinski definition) is 3. The van der Waals surface area contributed by atoms with Crippen LogP contribution in [0.1, 0.15) is 16.1 Å². The third-order valence-electron chi connectivity index (χ3n) is 2.91. The van der Waals surface area contributed by atoms with Gasteiger partial charge in [-0.15, -0.1) is 0 Å². The maximum atomic E-state index is 11.2. The van der Waals surface area contributed by atoms with Crippen LogP contribution in [-0.2, 0) is 0 Å². The Morgan fingerprint density at radius 3 is 2.89 bits per heavy atom. The summed E-state index contributed by atoms with van der Waals surface area (Å²) < 4.78 is 1.85. The van der Waals surface area contributed by atoms with Crippen LogP contribution < -0.4 is 5.73 Å². The monoisotopic (exact) mass is 252 g/mol. The van der Waals surface area contributed by atoms with Crippen molar-refractivity contribution >= 4 is 11.7 Å². The number of rotatable bonds is 2. The van der Waals surface area contributed by atoms with Gasteiger partial charge in [0.2, 0.25) is 11.7 Å². The van der Waals surface area contributed by atoms with Gasteiger partial charge in [0.1, 0.15) is 0 Å². The lowest BCUT2D eigenvalue weighted by molar-refractivity contribution is 0.100. The normalized spacial score (nSPS) is 10.8. The molecule has 2 aromatic heterocycles. The Labute approximate surface area is 109 Å². The maximum Gasteiger partial charge on any atom is 0.248 e. The Hall–Kier alpha value is -2.69. The molecule has 5 heteroatoms. The standard InChI is InChI=1S/C14H12N4O/c1-9-5-6-18-8-12(17-14(18)16-9)10-3-2-4-11(7-10)13(15)19/h2-8H,1H3,(H2,15,19). The lowest BCUT2D eigenvalue weighted by Gasteiger charge is -1.98. The molecule has 0 fully saturated rings. The molecule has 1 amide bonds. The summed E-state index contributed by atoms with van der Waals surface area (Å²) in [4.78, 5) is 20.0. The van der Waals surface area contributed by atoms with Crippen LogP contribution in [0.2, 0.25) is 0 Å². The summed E-state index contributed by atoms with van der Waals surface area (Å²) >= 11 is 0. The second kappa shape index (κ2) is 4.20. The topological polar surface area (TPSA) is 73.3 Å². The minimum Gasteiger partial charge on any atom is -0.366 e. The van der Waals surface area contributed by atoms with Crippen molar-refractivity contribution in [3.05, 3.63) is 54.0 Å². The van der Waals surface area contributed by atoms with E-state index in [-0.39, 0.29) is 0 Å². The second-order valence-corrected chi connectivity index (χ2v) is 4.35. The number of nitrogens with two attached hydrogens (primary N) is 1. The molecule has 0 unspecified atom stereocenters. The van der Waals surface area contributed by atoms with E-state index >= 15 is 0 Å². The van der Waals surface area contributed by atoms with Crippen molar-refractivity contribution < 1.29 is 4.79 Å². The zero-order valence-corrected chi connectivity index (χ0v) is 10.4. The van der Waals surface area contributed by atoms with E-state index in [1.807, 2.05) is 35.9 Å². The minimum absolute atomic E-state index is 0.445. The molecular formula is C14H12N4O. The van der Waals surface area contributed by atoms with Gasteiger partial charge in [-0.2, -0.15) is 0 Å². The van der Waals surface area contributed by atoms with E-state index in [0.717, 1.165) is 17.0 Å². The van der Waals surface area contributed by atoms with Gasteiger partial charge in [-0.05, 0) is 25.1 Å². The number of aromatic nitrogens is 3. The molecule has 2 heterocycles. The molecular weight excluding hydrogens is 240 g/mol. The van der Waals surface area contributed by atoms with Crippen LogP contribution in [0, 0.1) is 6.92 Å². The third-order valence-corrected chi connectivity index (χ3v) is 2.91. The largest absolute Gasteiger partial charge is 0.366 e. The van der Waals surface area contributed by atoms with Crippen molar-refractivity contribution in [1.29, 1.82) is 0 Å². The number of imidazole rings is 1. The predicted molar refractivity (Wildman–Crippen MR) is 71.7 cm³/mol. The van der Waals surface area contributed by atoms with Gasteiger partial charge in [-0.3, -0.25) is 9.20 Å². The molecule has 94 valence electrons. The Morgan fingerprint density at radius 2 is 2.11 bits per heavy atom. The summed E-state index contributed by atoms with van der Waals surface area (Å²) in [6.07, 6.45) is 3.79. The van der Waals surface area contributed by atoms with Gasteiger partial charge in [-0.1, -0.05) is 12.1 Å². The number of fused-ring (bicyclic) bond motifs is 1. The molecule has 0 saturated carbocycles. The molecule has 19 heavy (non-hydrogen) atoms. The predicted octanol–water partition coefficient (Wildman–Crippen LogP) is 1.80. The van der Waals surface area contributed by atoms with E-state index in [2.05, 4.69) is 9.97 Å². The van der Waals surface area contributed by atoms with Gasteiger partial charge in [0.05, 0.1) is 5.69 Å². The Kier molecular flexibility index (Phi) is 2.52. The van der Waals surface area contributed by atoms with Gasteiger partial charge in [0.25, 0.3) is 0 Å². The fraction of sp³-hybridized carbons (Fsp3) is 0.0714. The maximum absolute atomic E-state index is 11.2. The van der Waals surface area contributed by atoms with Crippen LogP contribution in [0.4, 0.5) is 0 Å². The van der Waals surface area contributed by atoms with Gasteiger partial charge in [-0.25, -0.2) is 9.97 Å². The number of carbonyl (C=O) groups is 1. The lowest BCUT2D eigenvalue weighted by Crippen LogP contribution is -2.10. The average molecular weight is 252 g/mol. The number of amides is 1. The number of primary amides is 1. The number of carbonyl (C=O) groups excluding carboxylic acids is 1. The summed E-state index contributed by atoms with van der Waals surface area (Å²) in [5.74, 6) is 0.194. The molecule has 3 aromatic rings. The van der Waals surface area contributed by atoms with E-state index in [1.54, 1.807) is 18.2 Å². The second-order valence-electron chi connectivity index (χ2n) is 4.35. The fourth-order valence-electron chi connectivity index (χ4n) is 1.93. The highest BCUT2D eigenvalue weighted by Gasteiger charge is 2.07. The van der Waals surface area contributed by atoms with Crippen LogP contribution >= 0.6 is 0 Å². The van der Waals surface area contributed by atoms with Crippen LogP contribution in [0.15, 0.2) is 42.7 Å². The zero-order valence-electron chi connectivity index (χ0n) is 10.4. The van der Waals surface area contributed by atoms with Crippen LogP contribution in [0.3, 0.4) is 0 Å². The number of hydrogen-bond donors (Lipinski definition) is 1. The SMILES string of the molecule is Cc1ccn2cc(-c3cccc(C(N)=O)c3)nc2n1. The zero-order chi connectivity index (χ0) is 13.4. The molecule has 0 aliphatic carbocycles. The number of aryl methyl sites for hydroxylation is 1. The molecule has 0 aliphatic rings. The molecule has 3 rings (SSSR count). The highest BCUT2D eigenvalue weighted by Crippen LogP contribution is 2.19. The Bertz CT molecular complexity index is 776. The van der Waals surface area contributed by atoms with Crippen LogP contribution in [0.25, 0.3) is 17.0 Å². The summed E-state index contributed by atoms with van der Waals surface area (Å²) in [5, 5.41) is 0. The van der Waals surface area contributed by atoms with Crippen LogP contribution in [-0.4, -0.2) is 20.3 Å². The smallest absolute Gasteiger partial charge is 0.248 e. The quantitative estimate of drug-likeness (QED) is 0.755.